The lowest BCUT2D eigenvalue weighted by atomic mass is 9.77. The normalized spacial score (nSPS) is 16.1. The highest BCUT2D eigenvalue weighted by Crippen LogP contribution is 2.44. The molecule has 0 radical (unpaired) electrons. The van der Waals surface area contributed by atoms with Crippen LogP contribution in [-0.2, 0) is 46.1 Å². The van der Waals surface area contributed by atoms with Crippen LogP contribution in [0.2, 0.25) is 0 Å². The summed E-state index contributed by atoms with van der Waals surface area (Å²) in [5.41, 5.74) is 1.13. The zero-order valence-electron chi connectivity index (χ0n) is 41.8. The van der Waals surface area contributed by atoms with E-state index < -0.39 is 58.0 Å². The molecule has 4 heterocycles. The number of thiazole rings is 1. The number of carbonyl (C=O) groups is 4. The predicted molar refractivity (Wildman–Crippen MR) is 289 cm³/mol. The van der Waals surface area contributed by atoms with Gasteiger partial charge in [-0.05, 0) is 89.9 Å². The van der Waals surface area contributed by atoms with Crippen molar-refractivity contribution in [1.82, 2.24) is 35.4 Å². The predicted octanol–water partition coefficient (Wildman–Crippen LogP) is 9.20. The van der Waals surface area contributed by atoms with Gasteiger partial charge in [0, 0.05) is 18.2 Å². The first kappa shape index (κ1) is 52.0. The molecule has 0 bridgehead atoms. The summed E-state index contributed by atoms with van der Waals surface area (Å²) in [6.07, 6.45) is 0.930. The number of hydrogen-bond donors (Lipinski definition) is 2. The van der Waals surface area contributed by atoms with Gasteiger partial charge in [0.25, 0.3) is 11.8 Å². The van der Waals surface area contributed by atoms with Gasteiger partial charge in [-0.1, -0.05) is 169 Å². The molecule has 0 spiro atoms. The number of anilines is 1. The molecule has 75 heavy (non-hydrogen) atoms. The van der Waals surface area contributed by atoms with E-state index in [4.69, 9.17) is 19.3 Å². The van der Waals surface area contributed by atoms with E-state index in [0.717, 1.165) is 27.8 Å². The monoisotopic (exact) mass is 1060 g/mol. The maximum absolute atomic E-state index is 14.9. The summed E-state index contributed by atoms with van der Waals surface area (Å²) in [4.78, 5) is 69.9. The van der Waals surface area contributed by atoms with E-state index in [0.29, 0.717) is 15.9 Å². The number of allylic oxidation sites excluding steroid dienone is 1. The number of benzene rings is 5. The molecule has 2 atom stereocenters. The Balaban J connectivity index is 1.05. The van der Waals surface area contributed by atoms with Crippen LogP contribution in [0.25, 0.3) is 0 Å². The van der Waals surface area contributed by atoms with E-state index in [9.17, 15) is 19.2 Å². The van der Waals surface area contributed by atoms with Crippen molar-refractivity contribution in [2.24, 2.45) is 12.2 Å². The minimum atomic E-state index is -1.66. The van der Waals surface area contributed by atoms with Gasteiger partial charge in [-0.3, -0.25) is 14.5 Å². The number of fused-ring (bicyclic) bond motifs is 1. The van der Waals surface area contributed by atoms with Crippen molar-refractivity contribution < 1.29 is 33.5 Å². The summed E-state index contributed by atoms with van der Waals surface area (Å²) in [5.74, 6) is -2.56. The Morgan fingerprint density at radius 1 is 0.800 bits per heavy atom. The molecule has 2 unspecified atom stereocenters. The number of aromatic nitrogens is 5. The molecule has 2 amide bonds. The second-order valence-electron chi connectivity index (χ2n) is 18.9. The first-order valence-electron chi connectivity index (χ1n) is 23.9. The highest BCUT2D eigenvalue weighted by atomic mass is 32.2. The van der Waals surface area contributed by atoms with Gasteiger partial charge >= 0.3 is 11.9 Å². The number of nitrogens with zero attached hydrogens (tertiary/aromatic N) is 7. The van der Waals surface area contributed by atoms with Gasteiger partial charge in [-0.25, -0.2) is 19.3 Å². The fraction of sp³-hybridized carbons (Fsp3) is 0.232. The van der Waals surface area contributed by atoms with Crippen LogP contribution in [0.1, 0.15) is 74.2 Å². The molecule has 2 aromatic heterocycles. The maximum atomic E-state index is 14.9. The van der Waals surface area contributed by atoms with E-state index in [1.165, 1.54) is 58.3 Å². The number of β-lactam (4-membered cyclic amide) rings is 1. The van der Waals surface area contributed by atoms with Crippen LogP contribution < -0.4 is 10.6 Å². The second kappa shape index (κ2) is 22.3. The summed E-state index contributed by atoms with van der Waals surface area (Å²) in [5, 5.41) is 26.2. The van der Waals surface area contributed by atoms with E-state index in [2.05, 4.69) is 31.3 Å². The minimum absolute atomic E-state index is 0.0318. The van der Waals surface area contributed by atoms with E-state index in [1.54, 1.807) is 44.7 Å². The summed E-state index contributed by atoms with van der Waals surface area (Å²) in [6, 6.07) is 47.5. The van der Waals surface area contributed by atoms with Crippen LogP contribution in [0.5, 0.6) is 0 Å². The Morgan fingerprint density at radius 3 is 1.87 bits per heavy atom. The Hall–Kier alpha value is -7.87. The molecule has 16 nitrogen and oxygen atoms in total. The Morgan fingerprint density at radius 2 is 1.35 bits per heavy atom. The molecule has 7 aromatic rings. The number of rotatable bonds is 18. The van der Waals surface area contributed by atoms with E-state index >= 15 is 0 Å². The van der Waals surface area contributed by atoms with Gasteiger partial charge in [-0.2, -0.15) is 0 Å². The number of amides is 2. The molecule has 5 aromatic carbocycles. The third-order valence-corrected chi connectivity index (χ3v) is 15.0. The number of nitrogens with one attached hydrogen (secondary N) is 2. The zero-order valence-corrected chi connectivity index (χ0v) is 44.3. The van der Waals surface area contributed by atoms with Crippen molar-refractivity contribution in [3.63, 3.8) is 0 Å². The first-order valence-corrected chi connectivity index (χ1v) is 26.7. The lowest BCUT2D eigenvalue weighted by Crippen LogP contribution is -2.71. The molecule has 9 rings (SSSR count). The third kappa shape index (κ3) is 11.4. The number of tetrazole rings is 1. The lowest BCUT2D eigenvalue weighted by molar-refractivity contribution is -0.179. The number of hydrogen-bond acceptors (Lipinski definition) is 16. The van der Waals surface area contributed by atoms with Crippen molar-refractivity contribution >= 4 is 69.5 Å². The van der Waals surface area contributed by atoms with Gasteiger partial charge in [0.05, 0.1) is 0 Å². The number of ether oxygens (including phenoxy) is 2. The number of esters is 2. The Kier molecular flexibility index (Phi) is 15.5. The van der Waals surface area contributed by atoms with E-state index in [-0.39, 0.29) is 22.9 Å². The molecule has 19 heteroatoms. The van der Waals surface area contributed by atoms with Gasteiger partial charge in [0.2, 0.25) is 10.8 Å². The summed E-state index contributed by atoms with van der Waals surface area (Å²) in [7, 11) is 1.71. The number of carbonyl (C=O) groups excluding carboxylic acids is 4. The van der Waals surface area contributed by atoms with Gasteiger partial charge in [-0.15, -0.1) is 28.2 Å². The largest absolute Gasteiger partial charge is 0.457 e. The lowest BCUT2D eigenvalue weighted by Gasteiger charge is -2.49. The number of oxime groups is 1. The topological polar surface area (TPSA) is 192 Å². The molecule has 382 valence electrons. The number of aryl methyl sites for hydroxylation is 1. The average molecular weight is 1060 g/mol. The highest BCUT2D eigenvalue weighted by molar-refractivity contribution is 8.02. The van der Waals surface area contributed by atoms with Crippen LogP contribution in [0.3, 0.4) is 0 Å². The van der Waals surface area contributed by atoms with Crippen LogP contribution in [0.4, 0.5) is 5.13 Å². The molecule has 0 saturated carbocycles. The van der Waals surface area contributed by atoms with Crippen molar-refractivity contribution in [1.29, 1.82) is 0 Å². The molecule has 2 aliphatic rings. The van der Waals surface area contributed by atoms with Crippen molar-refractivity contribution in [2.45, 2.75) is 74.0 Å². The van der Waals surface area contributed by atoms with Crippen LogP contribution in [0, 0.1) is 0 Å². The minimum Gasteiger partial charge on any atom is -0.457 e. The molecular weight excluding hydrogens is 1010 g/mol. The average Bonchev–Trinajstić information content (AvgIpc) is 4.07. The molecule has 0 aliphatic carbocycles. The molecule has 2 aliphatic heterocycles. The van der Waals surface area contributed by atoms with Gasteiger partial charge < -0.3 is 24.9 Å². The quantitative estimate of drug-likeness (QED) is 0.0206. The standard InChI is InChI=1S/C56H53N9O7S3/c1-54(2,3)71-51(69)55(4,5)72-61-43(42-35-75-52(57-42)59-56(39-26-16-9-17-27-39,40-28-18-10-19-29-40)41-30-20-11-21-31-41)47(66)58-44-48(67)65-45(38(34-74-49(44)65)32-33-73-53-60-62-63-64(53)6)50(68)70-46(36-22-12-7-13-23-36)37-24-14-8-15-25-37/h7-33,35,44,46,49H,34H2,1-6H3,(H,57,59)(H,58,66)/b33-32+,61-43+. The molecule has 1 saturated heterocycles. The van der Waals surface area contributed by atoms with Crippen molar-refractivity contribution in [3.05, 3.63) is 213 Å². The summed E-state index contributed by atoms with van der Waals surface area (Å²) in [6.45, 7) is 8.16. The van der Waals surface area contributed by atoms with Crippen molar-refractivity contribution in [3.8, 4) is 0 Å². The second-order valence-corrected chi connectivity index (χ2v) is 21.7. The fourth-order valence-corrected chi connectivity index (χ4v) is 11.1. The maximum Gasteiger partial charge on any atom is 0.356 e. The fourth-order valence-electron chi connectivity index (χ4n) is 8.40. The van der Waals surface area contributed by atoms with Crippen LogP contribution >= 0.6 is 34.9 Å². The Bertz CT molecular complexity index is 3120. The third-order valence-electron chi connectivity index (χ3n) is 12.1. The first-order chi connectivity index (χ1) is 36.1. The summed E-state index contributed by atoms with van der Waals surface area (Å²) >= 11 is 3.83. The van der Waals surface area contributed by atoms with E-state index in [1.807, 2.05) is 152 Å². The van der Waals surface area contributed by atoms with Crippen LogP contribution in [-0.4, -0.2) is 87.9 Å². The molecular formula is C56H53N9O7S3. The number of thioether (sulfide) groups is 2. The SMILES string of the molecule is Cn1nnnc1S/C=C/C1=C(C(=O)OC(c2ccccc2)c2ccccc2)N2C(=O)C(NC(=O)/C(=N/OC(C)(C)C(=O)OC(C)(C)C)c3csc(NC(c4ccccc4)(c4ccccc4)c4ccccc4)n3)C2SC1. The van der Waals surface area contributed by atoms with Crippen molar-refractivity contribution in [2.75, 3.05) is 11.1 Å². The van der Waals surface area contributed by atoms with Crippen LogP contribution in [0.15, 0.2) is 190 Å². The Labute approximate surface area is 446 Å². The van der Waals surface area contributed by atoms with Gasteiger partial charge in [0.1, 0.15) is 33.9 Å². The highest BCUT2D eigenvalue weighted by Gasteiger charge is 2.55. The zero-order chi connectivity index (χ0) is 52.7. The molecule has 2 N–H and O–H groups in total. The summed E-state index contributed by atoms with van der Waals surface area (Å²) < 4.78 is 13.5. The van der Waals surface area contributed by atoms with Gasteiger partial charge in [0.15, 0.2) is 16.9 Å². The molecule has 1 fully saturated rings. The smallest absolute Gasteiger partial charge is 0.356 e.